The summed E-state index contributed by atoms with van der Waals surface area (Å²) in [6, 6.07) is 91.0. The lowest BCUT2D eigenvalue weighted by molar-refractivity contribution is 0.564. The van der Waals surface area contributed by atoms with Gasteiger partial charge in [-0.1, -0.05) is 244 Å². The second-order valence-electron chi connectivity index (χ2n) is 24.5. The lowest BCUT2D eigenvalue weighted by Gasteiger charge is -2.37. The van der Waals surface area contributed by atoms with Crippen LogP contribution in [0.2, 0.25) is 0 Å². The summed E-state index contributed by atoms with van der Waals surface area (Å²) in [5.41, 5.74) is 23.4. The Balaban J connectivity index is 1.12. The summed E-state index contributed by atoms with van der Waals surface area (Å²) in [5, 5.41) is 10.1. The number of rotatable bonds is 8. The first-order chi connectivity index (χ1) is 37.0. The van der Waals surface area contributed by atoms with Crippen molar-refractivity contribution in [1.82, 2.24) is 0 Å². The third-order valence-electron chi connectivity index (χ3n) is 16.7. The van der Waals surface area contributed by atoms with Crippen molar-refractivity contribution in [3.8, 4) is 39.4 Å². The van der Waals surface area contributed by atoms with Crippen LogP contribution in [-0.2, 0) is 27.1 Å². The standard InChI is InChI=1S/C75H66N2/c1-71(2,3)53-35-33-51(34-36-53)52-21-20-26-56(43-52)74(54-22-12-10-13-23-54)67-29-18-16-27-63(67)65-41-39-61(47-69(65)74)77(60-37-31-50(49-76)32-38-60)62-40-42-66-64-28-17-19-30-68(64)75(70(66)48-62,55-24-14-11-15-25-55)59-45-57(72(4,5)6)44-58(46-59)73(7,8)9/h10-48H,1-9H3. The van der Waals surface area contributed by atoms with Gasteiger partial charge in [0.1, 0.15) is 0 Å². The van der Waals surface area contributed by atoms with Gasteiger partial charge in [0.25, 0.3) is 0 Å². The Bertz CT molecular complexity index is 3880. The van der Waals surface area contributed by atoms with Gasteiger partial charge >= 0.3 is 0 Å². The average molecular weight is 995 g/mol. The van der Waals surface area contributed by atoms with Crippen molar-refractivity contribution >= 4 is 17.1 Å². The molecule has 12 rings (SSSR count). The average Bonchev–Trinajstić information content (AvgIpc) is 4.14. The molecule has 0 saturated carbocycles. The van der Waals surface area contributed by atoms with Gasteiger partial charge in [-0.05, 0) is 165 Å². The SMILES string of the molecule is CC(C)(C)c1ccc(-c2cccc(C3(c4ccccc4)c4ccccc4-c4ccc(N(c5ccc(C#N)cc5)c5ccc6c(c5)C(c5ccccc5)(c5cc(C(C)(C)C)cc(C(C)(C)C)c5)c5ccccc5-6)cc43)c2)cc1. The molecule has 10 aromatic rings. The zero-order valence-electron chi connectivity index (χ0n) is 45.9. The number of benzene rings is 10. The van der Waals surface area contributed by atoms with Crippen LogP contribution in [-0.4, -0.2) is 0 Å². The van der Waals surface area contributed by atoms with Crippen LogP contribution in [0.3, 0.4) is 0 Å². The fourth-order valence-electron chi connectivity index (χ4n) is 12.7. The van der Waals surface area contributed by atoms with Crippen molar-refractivity contribution in [2.24, 2.45) is 0 Å². The van der Waals surface area contributed by atoms with Gasteiger partial charge in [0.15, 0.2) is 0 Å². The number of fused-ring (bicyclic) bond motifs is 6. The highest BCUT2D eigenvalue weighted by atomic mass is 15.1. The molecule has 0 bridgehead atoms. The van der Waals surface area contributed by atoms with Gasteiger partial charge < -0.3 is 4.90 Å². The molecule has 0 radical (unpaired) electrons. The highest BCUT2D eigenvalue weighted by molar-refractivity contribution is 5.92. The van der Waals surface area contributed by atoms with Crippen molar-refractivity contribution < 1.29 is 0 Å². The zero-order chi connectivity index (χ0) is 53.5. The van der Waals surface area contributed by atoms with Gasteiger partial charge in [-0.3, -0.25) is 0 Å². The molecule has 0 heterocycles. The van der Waals surface area contributed by atoms with Crippen molar-refractivity contribution in [1.29, 1.82) is 5.26 Å². The summed E-state index contributed by atoms with van der Waals surface area (Å²) in [5.74, 6) is 0. The van der Waals surface area contributed by atoms with Gasteiger partial charge in [0.05, 0.1) is 22.5 Å². The van der Waals surface area contributed by atoms with Crippen molar-refractivity contribution in [2.45, 2.75) is 89.4 Å². The van der Waals surface area contributed by atoms with Crippen LogP contribution in [0.15, 0.2) is 237 Å². The predicted octanol–water partition coefficient (Wildman–Crippen LogP) is 19.3. The first-order valence-corrected chi connectivity index (χ1v) is 27.3. The third kappa shape index (κ3) is 8.06. The highest BCUT2D eigenvalue weighted by Gasteiger charge is 2.49. The van der Waals surface area contributed by atoms with E-state index in [1.807, 2.05) is 12.1 Å². The maximum Gasteiger partial charge on any atom is 0.0991 e. The van der Waals surface area contributed by atoms with Crippen molar-refractivity contribution in [2.75, 3.05) is 4.90 Å². The quantitative estimate of drug-likeness (QED) is 0.152. The molecule has 0 fully saturated rings. The van der Waals surface area contributed by atoms with Gasteiger partial charge in [-0.25, -0.2) is 0 Å². The molecule has 0 N–H and O–H groups in total. The lowest BCUT2D eigenvalue weighted by Crippen LogP contribution is -2.30. The van der Waals surface area contributed by atoms with Gasteiger partial charge in [-0.15, -0.1) is 0 Å². The van der Waals surface area contributed by atoms with E-state index in [2.05, 4.69) is 298 Å². The molecule has 0 spiro atoms. The molecule has 2 unspecified atom stereocenters. The molecule has 376 valence electrons. The van der Waals surface area contributed by atoms with E-state index >= 15 is 0 Å². The molecular formula is C75H66N2. The number of hydrogen-bond donors (Lipinski definition) is 0. The molecule has 2 aliphatic rings. The van der Waals surface area contributed by atoms with Crippen LogP contribution < -0.4 is 4.90 Å². The summed E-state index contributed by atoms with van der Waals surface area (Å²) >= 11 is 0. The third-order valence-corrected chi connectivity index (χ3v) is 16.7. The Morgan fingerprint density at radius 1 is 0.312 bits per heavy atom. The van der Waals surface area contributed by atoms with Crippen LogP contribution in [0.1, 0.15) is 129 Å². The van der Waals surface area contributed by atoms with Crippen LogP contribution in [0, 0.1) is 11.3 Å². The lowest BCUT2D eigenvalue weighted by atomic mass is 9.65. The summed E-state index contributed by atoms with van der Waals surface area (Å²) in [6.07, 6.45) is 0. The molecule has 2 nitrogen and oxygen atoms in total. The number of hydrogen-bond acceptors (Lipinski definition) is 2. The molecule has 2 heteroatoms. The Hall–Kier alpha value is -8.51. The smallest absolute Gasteiger partial charge is 0.0991 e. The highest BCUT2D eigenvalue weighted by Crippen LogP contribution is 2.60. The molecule has 10 aromatic carbocycles. The van der Waals surface area contributed by atoms with E-state index in [0.717, 1.165) is 17.1 Å². The molecule has 0 aliphatic heterocycles. The number of nitriles is 1. The molecule has 2 atom stereocenters. The van der Waals surface area contributed by atoms with E-state index in [1.165, 1.54) is 94.6 Å². The molecule has 2 aliphatic carbocycles. The second kappa shape index (κ2) is 18.4. The first kappa shape index (κ1) is 49.4. The largest absolute Gasteiger partial charge is 0.310 e. The minimum absolute atomic E-state index is 0.0579. The number of anilines is 3. The molecular weight excluding hydrogens is 929 g/mol. The van der Waals surface area contributed by atoms with E-state index < -0.39 is 10.8 Å². The van der Waals surface area contributed by atoms with Gasteiger partial charge in [0, 0.05) is 17.1 Å². The summed E-state index contributed by atoms with van der Waals surface area (Å²) in [7, 11) is 0. The van der Waals surface area contributed by atoms with Gasteiger partial charge in [0.2, 0.25) is 0 Å². The second-order valence-corrected chi connectivity index (χ2v) is 24.5. The molecule has 0 aromatic heterocycles. The Morgan fingerprint density at radius 3 is 1.22 bits per heavy atom. The maximum absolute atomic E-state index is 10.1. The fourth-order valence-corrected chi connectivity index (χ4v) is 12.7. The minimum atomic E-state index is -0.661. The van der Waals surface area contributed by atoms with E-state index in [4.69, 9.17) is 0 Å². The molecule has 77 heavy (non-hydrogen) atoms. The van der Waals surface area contributed by atoms with E-state index in [1.54, 1.807) is 0 Å². The van der Waals surface area contributed by atoms with Crippen molar-refractivity contribution in [3.05, 3.63) is 303 Å². The summed E-state index contributed by atoms with van der Waals surface area (Å²) in [4.78, 5) is 2.42. The van der Waals surface area contributed by atoms with E-state index in [9.17, 15) is 5.26 Å². The van der Waals surface area contributed by atoms with Crippen LogP contribution in [0.25, 0.3) is 33.4 Å². The maximum atomic E-state index is 10.1. The first-order valence-electron chi connectivity index (χ1n) is 27.3. The Kier molecular flexibility index (Phi) is 11.8. The minimum Gasteiger partial charge on any atom is -0.310 e. The fraction of sp³-hybridized carbons (Fsp3) is 0.187. The van der Waals surface area contributed by atoms with Crippen LogP contribution in [0.4, 0.5) is 17.1 Å². The van der Waals surface area contributed by atoms with Crippen LogP contribution in [0.5, 0.6) is 0 Å². The Labute approximate surface area is 457 Å². The van der Waals surface area contributed by atoms with E-state index in [-0.39, 0.29) is 16.2 Å². The summed E-state index contributed by atoms with van der Waals surface area (Å²) in [6.45, 7) is 20.8. The number of nitrogens with zero attached hydrogens (tertiary/aromatic N) is 2. The van der Waals surface area contributed by atoms with Gasteiger partial charge in [-0.2, -0.15) is 5.26 Å². The summed E-state index contributed by atoms with van der Waals surface area (Å²) < 4.78 is 0. The monoisotopic (exact) mass is 995 g/mol. The topological polar surface area (TPSA) is 27.0 Å². The van der Waals surface area contributed by atoms with Crippen molar-refractivity contribution in [3.63, 3.8) is 0 Å². The van der Waals surface area contributed by atoms with Crippen LogP contribution >= 0.6 is 0 Å². The normalized spacial score (nSPS) is 16.5. The van der Waals surface area contributed by atoms with E-state index in [0.29, 0.717) is 5.56 Å². The zero-order valence-corrected chi connectivity index (χ0v) is 45.9. The molecule has 0 amide bonds. The predicted molar refractivity (Wildman–Crippen MR) is 322 cm³/mol. The Morgan fingerprint density at radius 2 is 0.740 bits per heavy atom. The molecule has 0 saturated heterocycles.